The van der Waals surface area contributed by atoms with Crippen LogP contribution in [0.15, 0.2) is 0 Å². The van der Waals surface area contributed by atoms with Crippen LogP contribution in [0.4, 0.5) is 0 Å². The van der Waals surface area contributed by atoms with Crippen molar-refractivity contribution in [1.29, 1.82) is 0 Å². The number of unbranched alkanes of at least 4 members (excludes halogenated alkanes) is 13. The van der Waals surface area contributed by atoms with E-state index in [1.165, 1.54) is 77.0 Å². The molecule has 0 saturated heterocycles. The third kappa shape index (κ3) is 15.5. The Morgan fingerprint density at radius 3 is 1.40 bits per heavy atom. The van der Waals surface area contributed by atoms with Gasteiger partial charge in [-0.3, -0.25) is 0 Å². The number of carbonyl (C=O) groups excluding carboxylic acids is 1. The van der Waals surface area contributed by atoms with Gasteiger partial charge in [0.05, 0.1) is 0 Å². The van der Waals surface area contributed by atoms with Crippen LogP contribution in [-0.2, 0) is 9.68 Å². The Labute approximate surface area is 125 Å². The summed E-state index contributed by atoms with van der Waals surface area (Å²) in [6.07, 6.45) is 18.5. The quantitative estimate of drug-likeness (QED) is 0.232. The second-order valence-corrected chi connectivity index (χ2v) is 5.81. The summed E-state index contributed by atoms with van der Waals surface area (Å²) in [6, 6.07) is 0. The molecule has 3 heteroatoms. The van der Waals surface area contributed by atoms with E-state index in [9.17, 15) is 4.79 Å². The largest absolute Gasteiger partial charge is 0.342 e. The molecule has 0 aromatic rings. The average molecular weight is 286 g/mol. The van der Waals surface area contributed by atoms with Crippen LogP contribution in [0.5, 0.6) is 0 Å². The first-order valence-corrected chi connectivity index (χ1v) is 8.65. The van der Waals surface area contributed by atoms with E-state index in [4.69, 9.17) is 5.26 Å². The van der Waals surface area contributed by atoms with Gasteiger partial charge in [-0.15, -0.1) is 0 Å². The summed E-state index contributed by atoms with van der Waals surface area (Å²) in [7, 11) is 0. The minimum Gasteiger partial charge on any atom is -0.301 e. The smallest absolute Gasteiger partial charge is 0.301 e. The maximum absolute atomic E-state index is 10.7. The van der Waals surface area contributed by atoms with Crippen molar-refractivity contribution in [3.8, 4) is 0 Å². The van der Waals surface area contributed by atoms with Crippen LogP contribution in [0.1, 0.15) is 103 Å². The fraction of sp³-hybridized carbons (Fsp3) is 0.941. The predicted molar refractivity (Wildman–Crippen MR) is 83.6 cm³/mol. The van der Waals surface area contributed by atoms with Crippen molar-refractivity contribution in [2.45, 2.75) is 103 Å². The Balaban J connectivity index is 2.97. The molecule has 0 fully saturated rings. The minimum absolute atomic E-state index is 0.342. The van der Waals surface area contributed by atoms with Crippen LogP contribution < -0.4 is 0 Å². The fourth-order valence-electron chi connectivity index (χ4n) is 2.51. The second kappa shape index (κ2) is 16.5. The molecule has 0 aliphatic heterocycles. The van der Waals surface area contributed by atoms with E-state index in [1.54, 1.807) is 0 Å². The number of hydrogen-bond donors (Lipinski definition) is 1. The third-order valence-corrected chi connectivity index (χ3v) is 3.84. The lowest BCUT2D eigenvalue weighted by Crippen LogP contribution is -1.99. The van der Waals surface area contributed by atoms with E-state index in [0.29, 0.717) is 6.42 Å². The first kappa shape index (κ1) is 19.4. The molecule has 0 radical (unpaired) electrons. The summed E-state index contributed by atoms with van der Waals surface area (Å²) >= 11 is 0. The van der Waals surface area contributed by atoms with Crippen molar-refractivity contribution in [2.75, 3.05) is 0 Å². The zero-order valence-electron chi connectivity index (χ0n) is 13.4. The van der Waals surface area contributed by atoms with E-state index in [1.807, 2.05) is 0 Å². The maximum atomic E-state index is 10.7. The Bertz CT molecular complexity index is 204. The predicted octanol–water partition coefficient (Wildman–Crippen LogP) is 5.87. The van der Waals surface area contributed by atoms with Crippen molar-refractivity contribution in [3.05, 3.63) is 0 Å². The topological polar surface area (TPSA) is 46.5 Å². The van der Waals surface area contributed by atoms with Gasteiger partial charge in [0.2, 0.25) is 0 Å². The molecule has 0 atom stereocenters. The molecule has 0 aromatic carbocycles. The van der Waals surface area contributed by atoms with Gasteiger partial charge in [-0.2, -0.15) is 5.26 Å². The highest BCUT2D eigenvalue weighted by Crippen LogP contribution is 2.13. The summed E-state index contributed by atoms with van der Waals surface area (Å²) in [5, 5.41) is 8.09. The molecule has 0 aliphatic carbocycles. The first-order chi connectivity index (χ1) is 9.81. The van der Waals surface area contributed by atoms with Gasteiger partial charge in [0.25, 0.3) is 0 Å². The molecule has 0 amide bonds. The van der Waals surface area contributed by atoms with Crippen molar-refractivity contribution < 1.29 is 14.9 Å². The molecule has 0 spiro atoms. The molecule has 1 N–H and O–H groups in total. The van der Waals surface area contributed by atoms with Crippen molar-refractivity contribution >= 4 is 5.97 Å². The summed E-state index contributed by atoms with van der Waals surface area (Å²) in [4.78, 5) is 14.3. The lowest BCUT2D eigenvalue weighted by Gasteiger charge is -2.03. The van der Waals surface area contributed by atoms with Crippen LogP contribution >= 0.6 is 0 Å². The summed E-state index contributed by atoms with van der Waals surface area (Å²) in [6.45, 7) is 2.26. The zero-order valence-corrected chi connectivity index (χ0v) is 13.4. The van der Waals surface area contributed by atoms with Crippen LogP contribution in [0.2, 0.25) is 0 Å². The Hall–Kier alpha value is -0.570. The average Bonchev–Trinajstić information content (AvgIpc) is 2.47. The number of hydrogen-bond acceptors (Lipinski definition) is 3. The van der Waals surface area contributed by atoms with Gasteiger partial charge in [-0.05, 0) is 6.42 Å². The van der Waals surface area contributed by atoms with Crippen molar-refractivity contribution in [2.24, 2.45) is 0 Å². The molecule has 0 aliphatic rings. The van der Waals surface area contributed by atoms with Gasteiger partial charge in [-0.1, -0.05) is 90.4 Å². The minimum atomic E-state index is -0.510. The molecule has 0 heterocycles. The van der Waals surface area contributed by atoms with Gasteiger partial charge in [-0.25, -0.2) is 4.79 Å². The molecule has 0 saturated carbocycles. The lowest BCUT2D eigenvalue weighted by atomic mass is 10.0. The lowest BCUT2D eigenvalue weighted by molar-refractivity contribution is -0.234. The van der Waals surface area contributed by atoms with Crippen molar-refractivity contribution in [3.63, 3.8) is 0 Å². The van der Waals surface area contributed by atoms with E-state index >= 15 is 0 Å². The van der Waals surface area contributed by atoms with Gasteiger partial charge < -0.3 is 4.89 Å². The number of carbonyl (C=O) groups is 1. The highest BCUT2D eigenvalue weighted by molar-refractivity contribution is 5.68. The fourth-order valence-corrected chi connectivity index (χ4v) is 2.51. The van der Waals surface area contributed by atoms with Gasteiger partial charge >= 0.3 is 5.97 Å². The van der Waals surface area contributed by atoms with E-state index < -0.39 is 5.97 Å². The van der Waals surface area contributed by atoms with Crippen LogP contribution in [0, 0.1) is 0 Å². The molecule has 120 valence electrons. The standard InChI is InChI=1S/C17H34O3/c1-2-3-4-5-6-7-8-9-10-11-12-13-14-15-16-17(18)20-19/h19H,2-16H2,1H3. The molecule has 0 aromatic heterocycles. The number of rotatable bonds is 15. The van der Waals surface area contributed by atoms with E-state index in [0.717, 1.165) is 12.8 Å². The Morgan fingerprint density at radius 2 is 1.05 bits per heavy atom. The molecule has 20 heavy (non-hydrogen) atoms. The van der Waals surface area contributed by atoms with Crippen LogP contribution in [-0.4, -0.2) is 11.2 Å². The van der Waals surface area contributed by atoms with Crippen LogP contribution in [0.25, 0.3) is 0 Å². The Kier molecular flexibility index (Phi) is 16.0. The molecular weight excluding hydrogens is 252 g/mol. The second-order valence-electron chi connectivity index (χ2n) is 5.81. The first-order valence-electron chi connectivity index (χ1n) is 8.65. The Morgan fingerprint density at radius 1 is 0.700 bits per heavy atom. The monoisotopic (exact) mass is 286 g/mol. The van der Waals surface area contributed by atoms with E-state index in [2.05, 4.69) is 11.8 Å². The normalized spacial score (nSPS) is 10.7. The molecule has 0 bridgehead atoms. The third-order valence-electron chi connectivity index (χ3n) is 3.84. The van der Waals surface area contributed by atoms with Crippen molar-refractivity contribution in [1.82, 2.24) is 0 Å². The summed E-state index contributed by atoms with van der Waals surface area (Å²) < 4.78 is 0. The molecule has 0 rings (SSSR count). The van der Waals surface area contributed by atoms with Gasteiger partial charge in [0, 0.05) is 6.42 Å². The van der Waals surface area contributed by atoms with E-state index in [-0.39, 0.29) is 0 Å². The SMILES string of the molecule is CCCCCCCCCCCCCCCCC(=O)OO. The van der Waals surface area contributed by atoms with Crippen LogP contribution in [0.3, 0.4) is 0 Å². The maximum Gasteiger partial charge on any atom is 0.342 e. The molecule has 3 nitrogen and oxygen atoms in total. The molecular formula is C17H34O3. The van der Waals surface area contributed by atoms with Gasteiger partial charge in [0.1, 0.15) is 0 Å². The highest BCUT2D eigenvalue weighted by atomic mass is 17.1. The summed E-state index contributed by atoms with van der Waals surface area (Å²) in [5.74, 6) is -0.510. The summed E-state index contributed by atoms with van der Waals surface area (Å²) in [5.41, 5.74) is 0. The van der Waals surface area contributed by atoms with Gasteiger partial charge in [0.15, 0.2) is 0 Å². The molecule has 0 unspecified atom stereocenters. The zero-order chi connectivity index (χ0) is 14.9. The highest BCUT2D eigenvalue weighted by Gasteiger charge is 2.00.